The molecule has 4 heterocycles. The fourth-order valence-electron chi connectivity index (χ4n) is 5.92. The van der Waals surface area contributed by atoms with Gasteiger partial charge >= 0.3 is 5.97 Å². The minimum atomic E-state index is -1.33. The van der Waals surface area contributed by atoms with Gasteiger partial charge in [0.1, 0.15) is 11.4 Å². The van der Waals surface area contributed by atoms with E-state index >= 15 is 4.39 Å². The average Bonchev–Trinajstić information content (AvgIpc) is 3.87. The summed E-state index contributed by atoms with van der Waals surface area (Å²) in [5.74, 6) is -2.69. The van der Waals surface area contributed by atoms with E-state index in [-0.39, 0.29) is 35.2 Å². The van der Waals surface area contributed by atoms with Gasteiger partial charge in [-0.15, -0.1) is 10.2 Å². The Labute approximate surface area is 265 Å². The maximum atomic E-state index is 15.5. The summed E-state index contributed by atoms with van der Waals surface area (Å²) >= 11 is 6.26. The zero-order valence-electron chi connectivity index (χ0n) is 24.3. The predicted octanol–water partition coefficient (Wildman–Crippen LogP) is 5.59. The standard InChI is InChI=1S/C32H27ClFN7O5/c33-19-1-4-25-21(13-19)28(36-37-30(43)18-5-7-35-8-6-18)31(44)41(25)17-38-9-11-39(12-10-38)27-15-26-22(14-24(27)34)29(42)23(32(45)46)16-40(26)20-2-3-20/h1,4-8,13-16,20,44H,2-3,9-12,17H2,(H,45,46). The average molecular weight is 644 g/mol. The summed E-state index contributed by atoms with van der Waals surface area (Å²) in [5, 5.41) is 29.7. The van der Waals surface area contributed by atoms with Crippen LogP contribution in [0.15, 0.2) is 76.1 Å². The maximum absolute atomic E-state index is 15.5. The van der Waals surface area contributed by atoms with Crippen LogP contribution < -0.4 is 10.3 Å². The molecule has 1 saturated carbocycles. The van der Waals surface area contributed by atoms with Crippen LogP contribution in [0.5, 0.6) is 5.88 Å². The lowest BCUT2D eigenvalue weighted by Gasteiger charge is -2.36. The highest BCUT2D eigenvalue weighted by atomic mass is 35.5. The lowest BCUT2D eigenvalue weighted by atomic mass is 10.1. The van der Waals surface area contributed by atoms with Gasteiger partial charge < -0.3 is 19.7 Å². The number of rotatable bonds is 7. The Morgan fingerprint density at radius 3 is 2.43 bits per heavy atom. The first kappa shape index (κ1) is 29.6. The number of carboxylic acids is 1. The minimum absolute atomic E-state index is 0.0529. The Morgan fingerprint density at radius 1 is 1.00 bits per heavy atom. The fraction of sp³-hybridized carbons (Fsp3) is 0.250. The van der Waals surface area contributed by atoms with E-state index in [0.717, 1.165) is 18.9 Å². The lowest BCUT2D eigenvalue weighted by molar-refractivity contribution is 0.0694. The van der Waals surface area contributed by atoms with E-state index in [1.807, 2.05) is 4.90 Å². The van der Waals surface area contributed by atoms with E-state index in [0.29, 0.717) is 58.9 Å². The number of fused-ring (bicyclic) bond motifs is 2. The van der Waals surface area contributed by atoms with Crippen LogP contribution in [0.2, 0.25) is 5.02 Å². The number of carbonyl (C=O) groups is 2. The third kappa shape index (κ3) is 5.37. The van der Waals surface area contributed by atoms with Crippen LogP contribution in [0.4, 0.5) is 15.8 Å². The molecule has 5 aromatic rings. The molecule has 2 aliphatic rings. The number of nitrogens with zero attached hydrogens (tertiary/aromatic N) is 7. The van der Waals surface area contributed by atoms with E-state index in [1.54, 1.807) is 33.4 Å². The topological polar surface area (TPSA) is 146 Å². The Hall–Kier alpha value is -5.14. The van der Waals surface area contributed by atoms with Crippen molar-refractivity contribution >= 4 is 56.7 Å². The fourth-order valence-corrected chi connectivity index (χ4v) is 6.10. The normalized spacial score (nSPS) is 15.7. The molecule has 234 valence electrons. The number of halogens is 2. The molecular weight excluding hydrogens is 617 g/mol. The van der Waals surface area contributed by atoms with Crippen molar-refractivity contribution in [1.29, 1.82) is 0 Å². The minimum Gasteiger partial charge on any atom is -0.493 e. The number of azo groups is 1. The lowest BCUT2D eigenvalue weighted by Crippen LogP contribution is -2.47. The first-order chi connectivity index (χ1) is 22.2. The van der Waals surface area contributed by atoms with E-state index in [2.05, 4.69) is 20.1 Å². The van der Waals surface area contributed by atoms with Crippen molar-refractivity contribution in [3.8, 4) is 5.88 Å². The number of pyridine rings is 2. The summed E-state index contributed by atoms with van der Waals surface area (Å²) in [6, 6.07) is 11.0. The molecule has 1 aliphatic heterocycles. The molecule has 0 radical (unpaired) electrons. The first-order valence-electron chi connectivity index (χ1n) is 14.7. The van der Waals surface area contributed by atoms with Gasteiger partial charge in [0.25, 0.3) is 5.91 Å². The number of aromatic hydroxyl groups is 1. The summed E-state index contributed by atoms with van der Waals surface area (Å²) in [6.45, 7) is 2.25. The van der Waals surface area contributed by atoms with Crippen LogP contribution in [-0.2, 0) is 6.67 Å². The number of aromatic nitrogens is 3. The van der Waals surface area contributed by atoms with Crippen molar-refractivity contribution in [3.05, 3.63) is 93.2 Å². The van der Waals surface area contributed by atoms with E-state index in [4.69, 9.17) is 11.6 Å². The Bertz CT molecular complexity index is 2120. The Balaban J connectivity index is 1.13. The van der Waals surface area contributed by atoms with Crippen LogP contribution in [0, 0.1) is 5.82 Å². The largest absolute Gasteiger partial charge is 0.493 e. The summed E-state index contributed by atoms with van der Waals surface area (Å²) < 4.78 is 18.9. The zero-order chi connectivity index (χ0) is 32.1. The zero-order valence-corrected chi connectivity index (χ0v) is 25.1. The second-order valence-electron chi connectivity index (χ2n) is 11.4. The van der Waals surface area contributed by atoms with E-state index in [1.165, 1.54) is 30.7 Å². The highest BCUT2D eigenvalue weighted by molar-refractivity contribution is 6.31. The number of aromatic carboxylic acids is 1. The molecule has 0 bridgehead atoms. The van der Waals surface area contributed by atoms with Gasteiger partial charge in [0.2, 0.25) is 11.3 Å². The highest BCUT2D eigenvalue weighted by Gasteiger charge is 2.29. The molecule has 14 heteroatoms. The molecule has 1 saturated heterocycles. The van der Waals surface area contributed by atoms with Gasteiger partial charge in [-0.1, -0.05) is 11.6 Å². The number of carboxylic acid groups (broad SMARTS) is 1. The SMILES string of the molecule is O=C(N=Nc1c(O)n(CN2CCN(c3cc4c(cc3F)c(=O)c(C(=O)O)cn4C3CC3)CC2)c2ccc(Cl)cc12)c1ccncc1. The van der Waals surface area contributed by atoms with Gasteiger partial charge in [-0.05, 0) is 55.3 Å². The second-order valence-corrected chi connectivity index (χ2v) is 11.8. The predicted molar refractivity (Wildman–Crippen MR) is 169 cm³/mol. The smallest absolute Gasteiger partial charge is 0.341 e. The summed E-state index contributed by atoms with van der Waals surface area (Å²) in [4.78, 5) is 44.9. The van der Waals surface area contributed by atoms with Crippen LogP contribution >= 0.6 is 11.6 Å². The van der Waals surface area contributed by atoms with E-state index in [9.17, 15) is 24.6 Å². The highest BCUT2D eigenvalue weighted by Crippen LogP contribution is 2.41. The summed E-state index contributed by atoms with van der Waals surface area (Å²) in [5.41, 5.74) is 0.862. The number of hydrogen-bond donors (Lipinski definition) is 2. The molecule has 7 rings (SSSR count). The molecule has 0 spiro atoms. The van der Waals surface area contributed by atoms with Crippen molar-refractivity contribution in [3.63, 3.8) is 0 Å². The summed E-state index contributed by atoms with van der Waals surface area (Å²) in [7, 11) is 0. The van der Waals surface area contributed by atoms with Gasteiger partial charge in [-0.2, -0.15) is 0 Å². The van der Waals surface area contributed by atoms with Crippen LogP contribution in [0.25, 0.3) is 21.8 Å². The van der Waals surface area contributed by atoms with Crippen molar-refractivity contribution in [2.24, 2.45) is 10.2 Å². The molecule has 12 nitrogen and oxygen atoms in total. The Morgan fingerprint density at radius 2 is 1.74 bits per heavy atom. The number of piperazine rings is 1. The van der Waals surface area contributed by atoms with Crippen molar-refractivity contribution < 1.29 is 24.2 Å². The number of benzene rings is 2. The summed E-state index contributed by atoms with van der Waals surface area (Å²) in [6.07, 6.45) is 6.04. The van der Waals surface area contributed by atoms with Crippen LogP contribution in [-0.4, -0.2) is 67.3 Å². The molecule has 2 aromatic carbocycles. The number of anilines is 1. The van der Waals surface area contributed by atoms with Crippen molar-refractivity contribution in [2.45, 2.75) is 25.6 Å². The van der Waals surface area contributed by atoms with Gasteiger partial charge in [0.15, 0.2) is 5.69 Å². The maximum Gasteiger partial charge on any atom is 0.341 e. The van der Waals surface area contributed by atoms with E-state index < -0.39 is 23.1 Å². The number of amides is 1. The number of hydrogen-bond acceptors (Lipinski definition) is 8. The molecule has 3 aromatic heterocycles. The molecular formula is C32H27ClFN7O5. The van der Waals surface area contributed by atoms with Gasteiger partial charge in [0, 0.05) is 72.2 Å². The molecule has 1 amide bonds. The molecule has 2 N–H and O–H groups in total. The van der Waals surface area contributed by atoms with Gasteiger partial charge in [0.05, 0.1) is 23.4 Å². The van der Waals surface area contributed by atoms with Crippen LogP contribution in [0.3, 0.4) is 0 Å². The van der Waals surface area contributed by atoms with Crippen molar-refractivity contribution in [2.75, 3.05) is 31.1 Å². The molecule has 46 heavy (non-hydrogen) atoms. The monoisotopic (exact) mass is 643 g/mol. The Kier molecular flexibility index (Phi) is 7.49. The second kappa shape index (κ2) is 11.7. The third-order valence-electron chi connectivity index (χ3n) is 8.47. The van der Waals surface area contributed by atoms with Gasteiger partial charge in [-0.25, -0.2) is 9.18 Å². The first-order valence-corrected chi connectivity index (χ1v) is 15.0. The number of carbonyl (C=O) groups excluding carboxylic acids is 1. The molecule has 0 unspecified atom stereocenters. The molecule has 0 atom stereocenters. The van der Waals surface area contributed by atoms with Crippen molar-refractivity contribution in [1.82, 2.24) is 19.0 Å². The molecule has 2 fully saturated rings. The quantitative estimate of drug-likeness (QED) is 0.218. The van der Waals surface area contributed by atoms with Gasteiger partial charge in [-0.3, -0.25) is 24.0 Å². The molecule has 1 aliphatic carbocycles. The van der Waals surface area contributed by atoms with Crippen LogP contribution in [0.1, 0.15) is 39.6 Å². The third-order valence-corrected chi connectivity index (χ3v) is 8.70.